The van der Waals surface area contributed by atoms with Crippen molar-refractivity contribution >= 4 is 17.2 Å². The molecule has 3 rings (SSSR count). The molecule has 0 bridgehead atoms. The molecule has 1 aromatic heterocycles. The number of phenolic OH excluding ortho intramolecular Hbond substituents is 1. The van der Waals surface area contributed by atoms with E-state index >= 15 is 0 Å². The minimum absolute atomic E-state index is 0.0583. The van der Waals surface area contributed by atoms with Gasteiger partial charge >= 0.3 is 6.18 Å². The first-order valence-electron chi connectivity index (χ1n) is 8.35. The number of rotatable bonds is 6. The maximum Gasteiger partial charge on any atom is 0.416 e. The van der Waals surface area contributed by atoms with Crippen LogP contribution in [0.4, 0.5) is 13.2 Å². The highest BCUT2D eigenvalue weighted by Crippen LogP contribution is 2.38. The van der Waals surface area contributed by atoms with E-state index in [1.807, 2.05) is 0 Å². The maximum absolute atomic E-state index is 12.6. The summed E-state index contributed by atoms with van der Waals surface area (Å²) in [6.45, 7) is 0.433. The van der Waals surface area contributed by atoms with Gasteiger partial charge in [0, 0.05) is 30.2 Å². The van der Waals surface area contributed by atoms with Crippen LogP contribution in [0.5, 0.6) is 11.5 Å². The van der Waals surface area contributed by atoms with Crippen LogP contribution in [0.1, 0.15) is 27.0 Å². The summed E-state index contributed by atoms with van der Waals surface area (Å²) in [6.07, 6.45) is -2.35. The van der Waals surface area contributed by atoms with E-state index in [2.05, 4.69) is 10.3 Å². The van der Waals surface area contributed by atoms with Gasteiger partial charge in [-0.3, -0.25) is 9.78 Å². The molecule has 0 aliphatic carbocycles. The van der Waals surface area contributed by atoms with E-state index in [9.17, 15) is 23.1 Å². The van der Waals surface area contributed by atoms with Crippen LogP contribution in [-0.4, -0.2) is 23.5 Å². The summed E-state index contributed by atoms with van der Waals surface area (Å²) >= 11 is 0. The number of aldehydes is 1. The standard InChI is InChI=1S/C20H17F3N2O3/c1-28-19-14-3-2-8-25-17(14)18(27)16(11-26)15(19)10-24-9-12-4-6-13(7-5-12)20(21,22)23/h2-8,11,24,27H,9-10H2,1H3. The van der Waals surface area contributed by atoms with E-state index < -0.39 is 11.7 Å². The average molecular weight is 390 g/mol. The van der Waals surface area contributed by atoms with E-state index in [1.54, 1.807) is 12.1 Å². The van der Waals surface area contributed by atoms with Crippen molar-refractivity contribution in [1.82, 2.24) is 10.3 Å². The quantitative estimate of drug-likeness (QED) is 0.621. The van der Waals surface area contributed by atoms with Crippen molar-refractivity contribution in [2.24, 2.45) is 0 Å². The molecule has 0 spiro atoms. The summed E-state index contributed by atoms with van der Waals surface area (Å²) in [6, 6.07) is 8.20. The molecule has 28 heavy (non-hydrogen) atoms. The predicted molar refractivity (Wildman–Crippen MR) is 97.3 cm³/mol. The Kier molecular flexibility index (Phi) is 5.51. The van der Waals surface area contributed by atoms with Crippen LogP contribution < -0.4 is 10.1 Å². The van der Waals surface area contributed by atoms with Crippen LogP contribution in [0, 0.1) is 0 Å². The number of hydrogen-bond acceptors (Lipinski definition) is 5. The Bertz CT molecular complexity index is 1000. The highest BCUT2D eigenvalue weighted by molar-refractivity contribution is 5.99. The molecule has 0 radical (unpaired) electrons. The molecule has 5 nitrogen and oxygen atoms in total. The van der Waals surface area contributed by atoms with Gasteiger partial charge in [0.15, 0.2) is 12.0 Å². The van der Waals surface area contributed by atoms with E-state index in [-0.39, 0.29) is 29.9 Å². The second-order valence-electron chi connectivity index (χ2n) is 6.09. The van der Waals surface area contributed by atoms with Crippen molar-refractivity contribution in [2.45, 2.75) is 19.3 Å². The maximum atomic E-state index is 12.6. The number of methoxy groups -OCH3 is 1. The number of aromatic hydroxyl groups is 1. The molecule has 8 heteroatoms. The third-order valence-corrected chi connectivity index (χ3v) is 4.37. The summed E-state index contributed by atoms with van der Waals surface area (Å²) in [5.41, 5.74) is 0.692. The second kappa shape index (κ2) is 7.85. The van der Waals surface area contributed by atoms with Crippen molar-refractivity contribution < 1.29 is 27.8 Å². The first kappa shape index (κ1) is 19.6. The minimum Gasteiger partial charge on any atom is -0.505 e. The first-order chi connectivity index (χ1) is 13.4. The van der Waals surface area contributed by atoms with E-state index in [0.29, 0.717) is 28.5 Å². The molecule has 0 amide bonds. The van der Waals surface area contributed by atoms with Gasteiger partial charge in [-0.1, -0.05) is 12.1 Å². The molecule has 1 heterocycles. The molecule has 0 saturated heterocycles. The molecule has 0 aliphatic heterocycles. The Balaban J connectivity index is 1.85. The summed E-state index contributed by atoms with van der Waals surface area (Å²) in [7, 11) is 1.45. The van der Waals surface area contributed by atoms with Crippen molar-refractivity contribution in [3.63, 3.8) is 0 Å². The fourth-order valence-corrected chi connectivity index (χ4v) is 3.01. The number of ether oxygens (including phenoxy) is 1. The minimum atomic E-state index is -4.38. The highest BCUT2D eigenvalue weighted by atomic mass is 19.4. The van der Waals surface area contributed by atoms with Gasteiger partial charge in [0.1, 0.15) is 11.3 Å². The van der Waals surface area contributed by atoms with Crippen molar-refractivity contribution in [1.29, 1.82) is 0 Å². The number of phenols is 1. The van der Waals surface area contributed by atoms with E-state index in [0.717, 1.165) is 12.1 Å². The van der Waals surface area contributed by atoms with Crippen molar-refractivity contribution in [3.8, 4) is 11.5 Å². The van der Waals surface area contributed by atoms with Crippen LogP contribution >= 0.6 is 0 Å². The average Bonchev–Trinajstić information content (AvgIpc) is 2.68. The fourth-order valence-electron chi connectivity index (χ4n) is 3.01. The Morgan fingerprint density at radius 2 is 1.89 bits per heavy atom. The summed E-state index contributed by atoms with van der Waals surface area (Å²) in [5.74, 6) is 0.167. The monoisotopic (exact) mass is 390 g/mol. The molecule has 146 valence electrons. The van der Waals surface area contributed by atoms with Crippen LogP contribution in [0.3, 0.4) is 0 Å². The van der Waals surface area contributed by atoms with Crippen LogP contribution in [0.2, 0.25) is 0 Å². The lowest BCUT2D eigenvalue weighted by molar-refractivity contribution is -0.137. The van der Waals surface area contributed by atoms with Crippen LogP contribution in [-0.2, 0) is 19.3 Å². The lowest BCUT2D eigenvalue weighted by Crippen LogP contribution is -2.15. The molecular formula is C20H17F3N2O3. The molecule has 0 aliphatic rings. The zero-order chi connectivity index (χ0) is 20.3. The highest BCUT2D eigenvalue weighted by Gasteiger charge is 2.29. The van der Waals surface area contributed by atoms with Crippen molar-refractivity contribution in [3.05, 3.63) is 64.8 Å². The molecule has 2 N–H and O–H groups in total. The van der Waals surface area contributed by atoms with Gasteiger partial charge in [-0.2, -0.15) is 13.2 Å². The first-order valence-corrected chi connectivity index (χ1v) is 8.35. The number of carbonyl (C=O) groups is 1. The predicted octanol–water partition coefficient (Wildman–Crippen LogP) is 4.07. The summed E-state index contributed by atoms with van der Waals surface area (Å²) in [5, 5.41) is 14.0. The number of halogens is 3. The Hall–Kier alpha value is -3.13. The number of hydrogen-bond donors (Lipinski definition) is 2. The van der Waals surface area contributed by atoms with E-state index in [4.69, 9.17) is 4.74 Å². The Morgan fingerprint density at radius 3 is 2.50 bits per heavy atom. The molecule has 0 atom stereocenters. The van der Waals surface area contributed by atoms with Gasteiger partial charge in [-0.15, -0.1) is 0 Å². The molecule has 0 saturated carbocycles. The summed E-state index contributed by atoms with van der Waals surface area (Å²) < 4.78 is 43.3. The largest absolute Gasteiger partial charge is 0.505 e. The number of nitrogens with one attached hydrogen (secondary N) is 1. The van der Waals surface area contributed by atoms with Crippen LogP contribution in [0.15, 0.2) is 42.6 Å². The molecular weight excluding hydrogens is 373 g/mol. The zero-order valence-electron chi connectivity index (χ0n) is 14.9. The van der Waals surface area contributed by atoms with E-state index in [1.165, 1.54) is 25.4 Å². The zero-order valence-corrected chi connectivity index (χ0v) is 14.9. The molecule has 0 fully saturated rings. The number of nitrogens with zero attached hydrogens (tertiary/aromatic N) is 1. The van der Waals surface area contributed by atoms with Gasteiger partial charge in [0.25, 0.3) is 0 Å². The van der Waals surface area contributed by atoms with Gasteiger partial charge < -0.3 is 15.2 Å². The lowest BCUT2D eigenvalue weighted by Gasteiger charge is -2.16. The van der Waals surface area contributed by atoms with Gasteiger partial charge in [-0.25, -0.2) is 0 Å². The molecule has 2 aromatic carbocycles. The van der Waals surface area contributed by atoms with Crippen LogP contribution in [0.25, 0.3) is 10.9 Å². The number of carbonyl (C=O) groups excluding carboxylic acids is 1. The fraction of sp³-hybridized carbons (Fsp3) is 0.200. The number of aromatic nitrogens is 1. The number of alkyl halides is 3. The topological polar surface area (TPSA) is 71.5 Å². The SMILES string of the molecule is COc1c(CNCc2ccc(C(F)(F)F)cc2)c(C=O)c(O)c2ncccc12. The molecule has 3 aromatic rings. The normalized spacial score (nSPS) is 11.6. The smallest absolute Gasteiger partial charge is 0.416 e. The Labute approximate surface area is 158 Å². The van der Waals surface area contributed by atoms with Crippen molar-refractivity contribution in [2.75, 3.05) is 7.11 Å². The molecule has 0 unspecified atom stereocenters. The van der Waals surface area contributed by atoms with Gasteiger partial charge in [0.2, 0.25) is 0 Å². The second-order valence-corrected chi connectivity index (χ2v) is 6.09. The number of fused-ring (bicyclic) bond motifs is 1. The van der Waals surface area contributed by atoms with Gasteiger partial charge in [0.05, 0.1) is 18.2 Å². The third kappa shape index (κ3) is 3.77. The van der Waals surface area contributed by atoms with Gasteiger partial charge in [-0.05, 0) is 29.8 Å². The Morgan fingerprint density at radius 1 is 1.18 bits per heavy atom. The lowest BCUT2D eigenvalue weighted by atomic mass is 10.0. The number of pyridine rings is 1. The summed E-state index contributed by atoms with van der Waals surface area (Å²) in [4.78, 5) is 15.6. The number of benzene rings is 2. The third-order valence-electron chi connectivity index (χ3n) is 4.37.